The Balaban J connectivity index is 2.10. The summed E-state index contributed by atoms with van der Waals surface area (Å²) in [6, 6.07) is 9.90. The summed E-state index contributed by atoms with van der Waals surface area (Å²) >= 11 is 0. The van der Waals surface area contributed by atoms with Gasteiger partial charge in [0.1, 0.15) is 0 Å². The second kappa shape index (κ2) is 7.41. The van der Waals surface area contributed by atoms with Crippen molar-refractivity contribution in [3.63, 3.8) is 0 Å². The third kappa shape index (κ3) is 4.77. The van der Waals surface area contributed by atoms with Gasteiger partial charge in [-0.1, -0.05) is 24.3 Å². The van der Waals surface area contributed by atoms with Gasteiger partial charge < -0.3 is 9.84 Å². The highest BCUT2D eigenvalue weighted by Crippen LogP contribution is 2.21. The van der Waals surface area contributed by atoms with Crippen LogP contribution in [-0.4, -0.2) is 42.4 Å². The molecule has 8 heteroatoms. The molecule has 128 valence electrons. The minimum atomic E-state index is -4.04. The van der Waals surface area contributed by atoms with Crippen molar-refractivity contribution in [2.75, 3.05) is 12.4 Å². The lowest BCUT2D eigenvalue weighted by molar-refractivity contribution is 0.0490. The zero-order valence-corrected chi connectivity index (χ0v) is 13.5. The van der Waals surface area contributed by atoms with Gasteiger partial charge in [-0.2, -0.15) is 8.42 Å². The number of carboxylic acid groups (broad SMARTS) is 1. The summed E-state index contributed by atoms with van der Waals surface area (Å²) in [6.45, 7) is -0.0692. The van der Waals surface area contributed by atoms with Crippen LogP contribution < -0.4 is 0 Å². The zero-order valence-electron chi connectivity index (χ0n) is 12.6. The minimum Gasteiger partial charge on any atom is -0.478 e. The quantitative estimate of drug-likeness (QED) is 0.446. The van der Waals surface area contributed by atoms with Crippen LogP contribution in [-0.2, 0) is 14.9 Å². The van der Waals surface area contributed by atoms with Gasteiger partial charge in [-0.25, -0.2) is 9.59 Å². The van der Waals surface area contributed by atoms with E-state index in [2.05, 4.69) is 0 Å². The monoisotopic (exact) mass is 352 g/mol. The Hall–Kier alpha value is -2.45. The fourth-order valence-electron chi connectivity index (χ4n) is 2.22. The standard InChI is InChI=1S/C16H16O7S/c17-15(18)13-9-11-5-1-2-6-12(11)10-14(13)16(19)23-7-3-4-8-24(20,21)22/h1-2,5-6,9-10H,3-4,7-8H2,(H,17,18)(H,20,21,22). The molecule has 0 bridgehead atoms. The highest BCUT2D eigenvalue weighted by atomic mass is 32.2. The molecule has 24 heavy (non-hydrogen) atoms. The van der Waals surface area contributed by atoms with Crippen molar-refractivity contribution >= 4 is 32.8 Å². The topological polar surface area (TPSA) is 118 Å². The van der Waals surface area contributed by atoms with E-state index in [1.807, 2.05) is 0 Å². The molecule has 0 atom stereocenters. The van der Waals surface area contributed by atoms with Gasteiger partial charge in [0.2, 0.25) is 0 Å². The van der Waals surface area contributed by atoms with Crippen molar-refractivity contribution in [1.82, 2.24) is 0 Å². The SMILES string of the molecule is O=C(O)c1cc2ccccc2cc1C(=O)OCCCCS(=O)(=O)O. The van der Waals surface area contributed by atoms with Gasteiger partial charge in [0, 0.05) is 0 Å². The van der Waals surface area contributed by atoms with E-state index in [9.17, 15) is 23.1 Å². The summed E-state index contributed by atoms with van der Waals surface area (Å²) in [7, 11) is -4.04. The van der Waals surface area contributed by atoms with Crippen LogP contribution in [0.3, 0.4) is 0 Å². The van der Waals surface area contributed by atoms with E-state index in [4.69, 9.17) is 9.29 Å². The molecule has 2 aromatic rings. The smallest absolute Gasteiger partial charge is 0.339 e. The summed E-state index contributed by atoms with van der Waals surface area (Å²) in [4.78, 5) is 23.5. The van der Waals surface area contributed by atoms with E-state index in [-0.39, 0.29) is 30.6 Å². The molecule has 0 fully saturated rings. The maximum atomic E-state index is 12.1. The molecule has 2 aromatic carbocycles. The van der Waals surface area contributed by atoms with Crippen LogP contribution in [0.5, 0.6) is 0 Å². The molecule has 0 aliphatic heterocycles. The molecular weight excluding hydrogens is 336 g/mol. The molecule has 0 spiro atoms. The van der Waals surface area contributed by atoms with Crippen LogP contribution in [0.15, 0.2) is 36.4 Å². The van der Waals surface area contributed by atoms with Gasteiger partial charge in [-0.15, -0.1) is 0 Å². The van der Waals surface area contributed by atoms with Gasteiger partial charge in [-0.05, 0) is 35.7 Å². The number of esters is 1. The third-order valence-corrected chi connectivity index (χ3v) is 4.17. The molecule has 2 N–H and O–H groups in total. The predicted octanol–water partition coefficient (Wildman–Crippen LogP) is 2.36. The fraction of sp³-hybridized carbons (Fsp3) is 0.250. The van der Waals surface area contributed by atoms with Crippen LogP contribution in [0.25, 0.3) is 10.8 Å². The number of benzene rings is 2. The Morgan fingerprint density at radius 3 is 2.12 bits per heavy atom. The number of hydrogen-bond donors (Lipinski definition) is 2. The second-order valence-corrected chi connectivity index (χ2v) is 6.75. The van der Waals surface area contributed by atoms with Gasteiger partial charge in [0.15, 0.2) is 0 Å². The summed E-state index contributed by atoms with van der Waals surface area (Å²) in [5, 5.41) is 10.7. The normalized spacial score (nSPS) is 11.4. The van der Waals surface area contributed by atoms with Crippen LogP contribution in [0.1, 0.15) is 33.6 Å². The average molecular weight is 352 g/mol. The van der Waals surface area contributed by atoms with Crippen LogP contribution in [0.4, 0.5) is 0 Å². The van der Waals surface area contributed by atoms with Gasteiger partial charge in [0.25, 0.3) is 10.1 Å². The van der Waals surface area contributed by atoms with E-state index < -0.39 is 27.8 Å². The Labute approximate surface area is 138 Å². The number of carboxylic acids is 1. The molecule has 0 unspecified atom stereocenters. The number of rotatable bonds is 7. The molecule has 0 aromatic heterocycles. The van der Waals surface area contributed by atoms with E-state index in [1.54, 1.807) is 24.3 Å². The molecule has 0 saturated heterocycles. The van der Waals surface area contributed by atoms with Crippen molar-refractivity contribution in [1.29, 1.82) is 0 Å². The molecule has 0 radical (unpaired) electrons. The Bertz CT molecular complexity index is 871. The Morgan fingerprint density at radius 1 is 1.00 bits per heavy atom. The summed E-state index contributed by atoms with van der Waals surface area (Å²) in [6.07, 6.45) is 0.372. The predicted molar refractivity (Wildman–Crippen MR) is 86.8 cm³/mol. The van der Waals surface area contributed by atoms with E-state index in [1.165, 1.54) is 12.1 Å². The Morgan fingerprint density at radius 2 is 1.58 bits per heavy atom. The molecule has 2 rings (SSSR count). The first-order valence-corrected chi connectivity index (χ1v) is 8.77. The summed E-state index contributed by atoms with van der Waals surface area (Å²) < 4.78 is 34.8. The molecule has 0 aliphatic rings. The molecule has 7 nitrogen and oxygen atoms in total. The number of unbranched alkanes of at least 4 members (excludes halogenated alkanes) is 1. The first-order chi connectivity index (χ1) is 11.3. The van der Waals surface area contributed by atoms with Crippen LogP contribution >= 0.6 is 0 Å². The number of carbonyl (C=O) groups is 2. The highest BCUT2D eigenvalue weighted by molar-refractivity contribution is 7.85. The van der Waals surface area contributed by atoms with Crippen LogP contribution in [0.2, 0.25) is 0 Å². The maximum Gasteiger partial charge on any atom is 0.339 e. The van der Waals surface area contributed by atoms with E-state index >= 15 is 0 Å². The van der Waals surface area contributed by atoms with E-state index in [0.717, 1.165) is 0 Å². The molecule has 0 aliphatic carbocycles. The van der Waals surface area contributed by atoms with Crippen molar-refractivity contribution in [3.05, 3.63) is 47.5 Å². The zero-order chi connectivity index (χ0) is 17.7. The van der Waals surface area contributed by atoms with Crippen molar-refractivity contribution < 1.29 is 32.4 Å². The number of fused-ring (bicyclic) bond motifs is 1. The molecular formula is C16H16O7S. The summed E-state index contributed by atoms with van der Waals surface area (Å²) in [5.74, 6) is -2.44. The fourth-order valence-corrected chi connectivity index (χ4v) is 2.78. The van der Waals surface area contributed by atoms with E-state index in [0.29, 0.717) is 10.8 Å². The average Bonchev–Trinajstić information content (AvgIpc) is 2.52. The third-order valence-electron chi connectivity index (χ3n) is 3.37. The lowest BCUT2D eigenvalue weighted by Crippen LogP contribution is -2.13. The Kier molecular flexibility index (Phi) is 5.53. The van der Waals surface area contributed by atoms with Crippen molar-refractivity contribution in [2.24, 2.45) is 0 Å². The lowest BCUT2D eigenvalue weighted by atomic mass is 10.0. The number of carbonyl (C=O) groups excluding carboxylic acids is 1. The van der Waals surface area contributed by atoms with Crippen molar-refractivity contribution in [2.45, 2.75) is 12.8 Å². The largest absolute Gasteiger partial charge is 0.478 e. The minimum absolute atomic E-state index is 0.0593. The lowest BCUT2D eigenvalue weighted by Gasteiger charge is -2.09. The highest BCUT2D eigenvalue weighted by Gasteiger charge is 2.19. The van der Waals surface area contributed by atoms with Gasteiger partial charge >= 0.3 is 11.9 Å². The number of ether oxygens (including phenoxy) is 1. The molecule has 0 heterocycles. The molecule has 0 saturated carbocycles. The van der Waals surface area contributed by atoms with Gasteiger partial charge in [-0.3, -0.25) is 4.55 Å². The van der Waals surface area contributed by atoms with Crippen molar-refractivity contribution in [3.8, 4) is 0 Å². The number of aromatic carboxylic acids is 1. The first-order valence-electron chi connectivity index (χ1n) is 7.16. The van der Waals surface area contributed by atoms with Gasteiger partial charge in [0.05, 0.1) is 23.5 Å². The molecule has 0 amide bonds. The van der Waals surface area contributed by atoms with Crippen LogP contribution in [0, 0.1) is 0 Å². The summed E-state index contributed by atoms with van der Waals surface area (Å²) in [5.41, 5.74) is -0.215. The maximum absolute atomic E-state index is 12.1. The number of hydrogen-bond acceptors (Lipinski definition) is 5. The first kappa shape index (κ1) is 17.9. The second-order valence-electron chi connectivity index (χ2n) is 5.18.